The van der Waals surface area contributed by atoms with Gasteiger partial charge in [-0.1, -0.05) is 48.0 Å². The van der Waals surface area contributed by atoms with Gasteiger partial charge in [0.2, 0.25) is 0 Å². The van der Waals surface area contributed by atoms with Crippen LogP contribution in [0.2, 0.25) is 0 Å². The molecule has 0 saturated carbocycles. The van der Waals surface area contributed by atoms with Crippen LogP contribution in [0.3, 0.4) is 0 Å². The largest absolute Gasteiger partial charge is 0.385 e. The van der Waals surface area contributed by atoms with Gasteiger partial charge in [-0.05, 0) is 24.2 Å². The lowest BCUT2D eigenvalue weighted by Gasteiger charge is -2.39. The first-order valence-corrected chi connectivity index (χ1v) is 7.17. The van der Waals surface area contributed by atoms with Gasteiger partial charge in [0.25, 0.3) is 0 Å². The van der Waals surface area contributed by atoms with E-state index in [1.165, 1.54) is 12.8 Å². The molecule has 3 unspecified atom stereocenters. The standard InChI is InChI=1S/C15H31N3/c1-8-11(2)9-12-15(6,10-14(3,4)5)13(16)17-18(12)7/h11-12H,8-10H2,1-7H3,(H2,16,17). The summed E-state index contributed by atoms with van der Waals surface area (Å²) in [5, 5.41) is 6.61. The SMILES string of the molecule is CCC(C)CC1N(C)N=C(N)C1(C)CC(C)(C)C. The number of amidine groups is 1. The van der Waals surface area contributed by atoms with E-state index in [-0.39, 0.29) is 10.8 Å². The third kappa shape index (κ3) is 3.18. The molecule has 0 aromatic heterocycles. The van der Waals surface area contributed by atoms with E-state index in [9.17, 15) is 0 Å². The summed E-state index contributed by atoms with van der Waals surface area (Å²) in [4.78, 5) is 0. The van der Waals surface area contributed by atoms with Crippen LogP contribution in [0.4, 0.5) is 0 Å². The van der Waals surface area contributed by atoms with Crippen LogP contribution in [0.5, 0.6) is 0 Å². The van der Waals surface area contributed by atoms with Crippen LogP contribution in [0.15, 0.2) is 5.10 Å². The van der Waals surface area contributed by atoms with Crippen molar-refractivity contribution in [2.45, 2.75) is 66.8 Å². The van der Waals surface area contributed by atoms with E-state index in [1.807, 2.05) is 0 Å². The molecule has 106 valence electrons. The number of rotatable bonds is 4. The predicted molar refractivity (Wildman–Crippen MR) is 79.4 cm³/mol. The van der Waals surface area contributed by atoms with Crippen molar-refractivity contribution in [2.75, 3.05) is 7.05 Å². The minimum Gasteiger partial charge on any atom is -0.385 e. The number of nitrogens with two attached hydrogens (primary N) is 1. The molecule has 1 aliphatic heterocycles. The van der Waals surface area contributed by atoms with Crippen LogP contribution < -0.4 is 5.73 Å². The average molecular weight is 253 g/mol. The van der Waals surface area contributed by atoms with Gasteiger partial charge in [-0.15, -0.1) is 0 Å². The van der Waals surface area contributed by atoms with Gasteiger partial charge in [0.1, 0.15) is 5.84 Å². The van der Waals surface area contributed by atoms with Gasteiger partial charge in [-0.3, -0.25) is 5.01 Å². The maximum Gasteiger partial charge on any atom is 0.127 e. The van der Waals surface area contributed by atoms with E-state index in [0.717, 1.165) is 18.2 Å². The molecule has 1 rings (SSSR count). The fraction of sp³-hybridized carbons (Fsp3) is 0.933. The van der Waals surface area contributed by atoms with E-state index < -0.39 is 0 Å². The lowest BCUT2D eigenvalue weighted by atomic mass is 9.68. The molecule has 1 heterocycles. The Hall–Kier alpha value is -0.730. The Balaban J connectivity index is 2.93. The first kappa shape index (κ1) is 15.3. The van der Waals surface area contributed by atoms with E-state index in [1.54, 1.807) is 0 Å². The molecule has 0 spiro atoms. The van der Waals surface area contributed by atoms with Crippen molar-refractivity contribution in [3.8, 4) is 0 Å². The van der Waals surface area contributed by atoms with Crippen molar-refractivity contribution in [3.05, 3.63) is 0 Å². The highest BCUT2D eigenvalue weighted by molar-refractivity contribution is 5.88. The molecule has 3 heteroatoms. The monoisotopic (exact) mass is 253 g/mol. The van der Waals surface area contributed by atoms with Crippen molar-refractivity contribution < 1.29 is 0 Å². The summed E-state index contributed by atoms with van der Waals surface area (Å²) in [5.74, 6) is 1.53. The first-order valence-electron chi connectivity index (χ1n) is 7.17. The Kier molecular flexibility index (Phi) is 4.34. The molecule has 0 bridgehead atoms. The molecule has 1 aliphatic rings. The van der Waals surface area contributed by atoms with Gasteiger partial charge >= 0.3 is 0 Å². The van der Waals surface area contributed by atoms with Crippen molar-refractivity contribution >= 4 is 5.84 Å². The molecule has 2 N–H and O–H groups in total. The second kappa shape index (κ2) is 5.10. The molecular weight excluding hydrogens is 222 g/mol. The van der Waals surface area contributed by atoms with Crippen LogP contribution in [-0.2, 0) is 0 Å². The summed E-state index contributed by atoms with van der Waals surface area (Å²) in [5.41, 5.74) is 6.51. The quantitative estimate of drug-likeness (QED) is 0.833. The van der Waals surface area contributed by atoms with Crippen LogP contribution in [0.25, 0.3) is 0 Å². The van der Waals surface area contributed by atoms with Crippen molar-refractivity contribution in [1.29, 1.82) is 0 Å². The molecule has 3 nitrogen and oxygen atoms in total. The zero-order chi connectivity index (χ0) is 14.1. The molecule has 0 amide bonds. The topological polar surface area (TPSA) is 41.6 Å². The van der Waals surface area contributed by atoms with E-state index >= 15 is 0 Å². The summed E-state index contributed by atoms with van der Waals surface area (Å²) in [6.45, 7) is 13.7. The normalized spacial score (nSPS) is 30.5. The first-order chi connectivity index (χ1) is 8.10. The van der Waals surface area contributed by atoms with Crippen molar-refractivity contribution in [1.82, 2.24) is 5.01 Å². The Morgan fingerprint density at radius 3 is 2.44 bits per heavy atom. The zero-order valence-corrected chi connectivity index (χ0v) is 13.2. The summed E-state index contributed by atoms with van der Waals surface area (Å²) < 4.78 is 0. The Morgan fingerprint density at radius 2 is 2.00 bits per heavy atom. The summed E-state index contributed by atoms with van der Waals surface area (Å²) in [6.07, 6.45) is 3.47. The number of nitrogens with zero attached hydrogens (tertiary/aromatic N) is 2. The smallest absolute Gasteiger partial charge is 0.127 e. The van der Waals surface area contributed by atoms with Crippen LogP contribution in [-0.4, -0.2) is 23.9 Å². The molecule has 0 aliphatic carbocycles. The zero-order valence-electron chi connectivity index (χ0n) is 13.2. The highest BCUT2D eigenvalue weighted by atomic mass is 15.5. The molecule has 18 heavy (non-hydrogen) atoms. The van der Waals surface area contributed by atoms with Gasteiger partial charge in [-0.2, -0.15) is 5.10 Å². The minimum atomic E-state index is 0.0103. The molecule has 0 fully saturated rings. The van der Waals surface area contributed by atoms with Gasteiger partial charge in [0.05, 0.1) is 6.04 Å². The minimum absolute atomic E-state index is 0.0103. The second-order valence-electron chi connectivity index (χ2n) is 7.48. The Bertz CT molecular complexity index is 316. The molecule has 0 aromatic rings. The molecule has 0 radical (unpaired) electrons. The van der Waals surface area contributed by atoms with Crippen LogP contribution >= 0.6 is 0 Å². The van der Waals surface area contributed by atoms with Crippen molar-refractivity contribution in [2.24, 2.45) is 27.6 Å². The van der Waals surface area contributed by atoms with Crippen LogP contribution in [0.1, 0.15) is 60.8 Å². The number of hydrogen-bond acceptors (Lipinski definition) is 3. The Morgan fingerprint density at radius 1 is 1.44 bits per heavy atom. The van der Waals surface area contributed by atoms with E-state index in [2.05, 4.69) is 58.7 Å². The predicted octanol–water partition coefficient (Wildman–Crippen LogP) is 3.45. The maximum absolute atomic E-state index is 6.23. The fourth-order valence-electron chi connectivity index (χ4n) is 3.21. The van der Waals surface area contributed by atoms with Gasteiger partial charge in [-0.25, -0.2) is 0 Å². The molecular formula is C15H31N3. The number of hydrogen-bond donors (Lipinski definition) is 1. The second-order valence-corrected chi connectivity index (χ2v) is 7.48. The summed E-state index contributed by atoms with van der Waals surface area (Å²) >= 11 is 0. The molecule has 0 saturated heterocycles. The Labute approximate surface area is 113 Å². The molecule has 3 atom stereocenters. The lowest BCUT2D eigenvalue weighted by Crippen LogP contribution is -2.46. The third-order valence-corrected chi connectivity index (χ3v) is 4.26. The molecule has 0 aromatic carbocycles. The number of hydrazone groups is 1. The van der Waals surface area contributed by atoms with Crippen molar-refractivity contribution in [3.63, 3.8) is 0 Å². The summed E-state index contributed by atoms with van der Waals surface area (Å²) in [7, 11) is 2.06. The maximum atomic E-state index is 6.23. The average Bonchev–Trinajstić information content (AvgIpc) is 2.39. The van der Waals surface area contributed by atoms with E-state index in [0.29, 0.717) is 6.04 Å². The van der Waals surface area contributed by atoms with Gasteiger partial charge in [0.15, 0.2) is 0 Å². The highest BCUT2D eigenvalue weighted by Gasteiger charge is 2.47. The van der Waals surface area contributed by atoms with E-state index in [4.69, 9.17) is 5.73 Å². The van der Waals surface area contributed by atoms with Crippen LogP contribution in [0, 0.1) is 16.7 Å². The summed E-state index contributed by atoms with van der Waals surface area (Å²) in [6, 6.07) is 0.437. The highest BCUT2D eigenvalue weighted by Crippen LogP contribution is 2.43. The third-order valence-electron chi connectivity index (χ3n) is 4.26. The van der Waals surface area contributed by atoms with Gasteiger partial charge < -0.3 is 5.73 Å². The lowest BCUT2D eigenvalue weighted by molar-refractivity contribution is 0.120. The van der Waals surface area contributed by atoms with Gasteiger partial charge in [0, 0.05) is 12.5 Å². The fourth-order valence-corrected chi connectivity index (χ4v) is 3.21.